The smallest absolute Gasteiger partial charge is 0.315 e. The highest BCUT2D eigenvalue weighted by Crippen LogP contribution is 2.27. The van der Waals surface area contributed by atoms with Gasteiger partial charge < -0.3 is 15.8 Å². The summed E-state index contributed by atoms with van der Waals surface area (Å²) in [5.41, 5.74) is 8.43. The SMILES string of the molecule is CC(=O)Nc1ccc(CCCCc2ccccc2)cc1OC(=O)C(C)CN.Cl. The van der Waals surface area contributed by atoms with Crippen molar-refractivity contribution in [1.82, 2.24) is 0 Å². The number of hydrogen-bond acceptors (Lipinski definition) is 4. The maximum atomic E-state index is 12.1. The number of hydrogen-bond donors (Lipinski definition) is 2. The molecule has 1 amide bonds. The Balaban J connectivity index is 0.00000392. The Morgan fingerprint density at radius 1 is 1.04 bits per heavy atom. The maximum Gasteiger partial charge on any atom is 0.315 e. The molecular formula is C22H29ClN2O3. The second-order valence-corrected chi connectivity index (χ2v) is 6.76. The highest BCUT2D eigenvalue weighted by molar-refractivity contribution is 5.91. The number of halogens is 1. The second-order valence-electron chi connectivity index (χ2n) is 6.76. The fourth-order valence-electron chi connectivity index (χ4n) is 2.71. The Morgan fingerprint density at radius 2 is 1.68 bits per heavy atom. The predicted molar refractivity (Wildman–Crippen MR) is 115 cm³/mol. The number of esters is 1. The van der Waals surface area contributed by atoms with Crippen LogP contribution >= 0.6 is 12.4 Å². The fraction of sp³-hybridized carbons (Fsp3) is 0.364. The minimum absolute atomic E-state index is 0. The standard InChI is InChI=1S/C22H28N2O3.ClH/c1-16(15-23)22(26)27-21-14-19(12-13-20(21)24-17(2)25)11-7-6-10-18-8-4-3-5-9-18;/h3-5,8-9,12-14,16H,6-7,10-11,15,23H2,1-2H3,(H,24,25);1H. The molecule has 5 nitrogen and oxygen atoms in total. The minimum Gasteiger partial charge on any atom is -0.424 e. The first-order valence-corrected chi connectivity index (χ1v) is 9.35. The molecule has 1 unspecified atom stereocenters. The molecule has 3 N–H and O–H groups in total. The van der Waals surface area contributed by atoms with Crippen LogP contribution in [0.2, 0.25) is 0 Å². The quantitative estimate of drug-likeness (QED) is 0.374. The summed E-state index contributed by atoms with van der Waals surface area (Å²) in [5, 5.41) is 2.70. The number of aryl methyl sites for hydroxylation is 2. The van der Waals surface area contributed by atoms with Crippen LogP contribution in [0.25, 0.3) is 0 Å². The first-order chi connectivity index (χ1) is 13.0. The Kier molecular flexibility index (Phi) is 10.3. The van der Waals surface area contributed by atoms with E-state index >= 15 is 0 Å². The zero-order valence-corrected chi connectivity index (χ0v) is 17.3. The normalized spacial score (nSPS) is 11.2. The van der Waals surface area contributed by atoms with Crippen LogP contribution in [0.1, 0.15) is 37.8 Å². The van der Waals surface area contributed by atoms with Gasteiger partial charge in [0, 0.05) is 13.5 Å². The van der Waals surface area contributed by atoms with Crippen LogP contribution < -0.4 is 15.8 Å². The summed E-state index contributed by atoms with van der Waals surface area (Å²) in [5.74, 6) is -0.638. The number of nitrogens with two attached hydrogens (primary N) is 1. The molecule has 0 saturated carbocycles. The molecule has 1 atom stereocenters. The number of rotatable bonds is 9. The Labute approximate surface area is 173 Å². The van der Waals surface area contributed by atoms with Gasteiger partial charge in [0.15, 0.2) is 5.75 Å². The predicted octanol–water partition coefficient (Wildman–Crippen LogP) is 4.13. The number of anilines is 1. The summed E-state index contributed by atoms with van der Waals surface area (Å²) in [4.78, 5) is 23.5. The van der Waals surface area contributed by atoms with Crippen molar-refractivity contribution in [2.24, 2.45) is 11.7 Å². The van der Waals surface area contributed by atoms with E-state index in [1.165, 1.54) is 12.5 Å². The molecule has 0 radical (unpaired) electrons. The molecule has 0 aliphatic carbocycles. The summed E-state index contributed by atoms with van der Waals surface area (Å²) in [6.45, 7) is 3.35. The van der Waals surface area contributed by atoms with Crippen molar-refractivity contribution < 1.29 is 14.3 Å². The van der Waals surface area contributed by atoms with Gasteiger partial charge in [-0.05, 0) is 48.9 Å². The van der Waals surface area contributed by atoms with Crippen molar-refractivity contribution in [2.75, 3.05) is 11.9 Å². The minimum atomic E-state index is -0.398. The third-order valence-electron chi connectivity index (χ3n) is 4.35. The van der Waals surface area contributed by atoms with E-state index in [0.29, 0.717) is 11.4 Å². The van der Waals surface area contributed by atoms with Gasteiger partial charge in [-0.15, -0.1) is 12.4 Å². The fourth-order valence-corrected chi connectivity index (χ4v) is 2.71. The Hall–Kier alpha value is -2.37. The molecular weight excluding hydrogens is 376 g/mol. The lowest BCUT2D eigenvalue weighted by Gasteiger charge is -2.14. The highest BCUT2D eigenvalue weighted by Gasteiger charge is 2.16. The van der Waals surface area contributed by atoms with Crippen LogP contribution in [0.5, 0.6) is 5.75 Å². The lowest BCUT2D eigenvalue weighted by molar-refractivity contribution is -0.138. The van der Waals surface area contributed by atoms with Crippen molar-refractivity contribution in [2.45, 2.75) is 39.5 Å². The molecule has 0 aromatic heterocycles. The van der Waals surface area contributed by atoms with E-state index in [0.717, 1.165) is 31.2 Å². The average molecular weight is 405 g/mol. The molecule has 0 aliphatic heterocycles. The summed E-state index contributed by atoms with van der Waals surface area (Å²) in [6.07, 6.45) is 4.03. The number of unbranched alkanes of at least 4 members (excludes halogenated alkanes) is 1. The Bertz CT molecular complexity index is 766. The summed E-state index contributed by atoms with van der Waals surface area (Å²) in [6, 6.07) is 16.0. The summed E-state index contributed by atoms with van der Waals surface area (Å²) >= 11 is 0. The van der Waals surface area contributed by atoms with E-state index in [1.54, 1.807) is 13.0 Å². The average Bonchev–Trinajstić information content (AvgIpc) is 2.66. The molecule has 0 aliphatic rings. The van der Waals surface area contributed by atoms with Crippen LogP contribution in [-0.2, 0) is 22.4 Å². The number of ether oxygens (including phenoxy) is 1. The van der Waals surface area contributed by atoms with Crippen molar-refractivity contribution in [1.29, 1.82) is 0 Å². The topological polar surface area (TPSA) is 81.4 Å². The van der Waals surface area contributed by atoms with Crippen LogP contribution in [0, 0.1) is 5.92 Å². The van der Waals surface area contributed by atoms with Crippen LogP contribution in [0.3, 0.4) is 0 Å². The van der Waals surface area contributed by atoms with Gasteiger partial charge in [0.05, 0.1) is 11.6 Å². The van der Waals surface area contributed by atoms with Crippen molar-refractivity contribution in [3.05, 3.63) is 59.7 Å². The molecule has 6 heteroatoms. The van der Waals surface area contributed by atoms with Crippen molar-refractivity contribution >= 4 is 30.0 Å². The summed E-state index contributed by atoms with van der Waals surface area (Å²) in [7, 11) is 0. The first kappa shape index (κ1) is 23.7. The van der Waals surface area contributed by atoms with Gasteiger partial charge in [-0.25, -0.2) is 0 Å². The Morgan fingerprint density at radius 3 is 2.29 bits per heavy atom. The molecule has 28 heavy (non-hydrogen) atoms. The van der Waals surface area contributed by atoms with E-state index in [-0.39, 0.29) is 24.9 Å². The molecule has 0 fully saturated rings. The van der Waals surface area contributed by atoms with Crippen molar-refractivity contribution in [3.8, 4) is 5.75 Å². The van der Waals surface area contributed by atoms with E-state index in [1.807, 2.05) is 18.2 Å². The number of benzene rings is 2. The molecule has 152 valence electrons. The van der Waals surface area contributed by atoms with Crippen molar-refractivity contribution in [3.63, 3.8) is 0 Å². The lowest BCUT2D eigenvalue weighted by Crippen LogP contribution is -2.25. The number of nitrogens with one attached hydrogen (secondary N) is 1. The number of carbonyl (C=O) groups is 2. The zero-order chi connectivity index (χ0) is 19.6. The van der Waals surface area contributed by atoms with Crippen LogP contribution in [-0.4, -0.2) is 18.4 Å². The van der Waals surface area contributed by atoms with Gasteiger partial charge in [0.25, 0.3) is 0 Å². The van der Waals surface area contributed by atoms with E-state index in [9.17, 15) is 9.59 Å². The molecule has 2 rings (SSSR count). The molecule has 0 spiro atoms. The van der Waals surface area contributed by atoms with Gasteiger partial charge in [0.2, 0.25) is 5.91 Å². The monoisotopic (exact) mass is 404 g/mol. The first-order valence-electron chi connectivity index (χ1n) is 9.35. The molecule has 2 aromatic rings. The molecule has 0 saturated heterocycles. The highest BCUT2D eigenvalue weighted by atomic mass is 35.5. The number of carbonyl (C=O) groups excluding carboxylic acids is 2. The lowest BCUT2D eigenvalue weighted by atomic mass is 10.0. The van der Waals surface area contributed by atoms with Gasteiger partial charge >= 0.3 is 5.97 Å². The number of amides is 1. The van der Waals surface area contributed by atoms with E-state index < -0.39 is 11.9 Å². The largest absolute Gasteiger partial charge is 0.424 e. The van der Waals surface area contributed by atoms with E-state index in [2.05, 4.69) is 29.6 Å². The van der Waals surface area contributed by atoms with Gasteiger partial charge in [-0.3, -0.25) is 9.59 Å². The molecule has 0 bridgehead atoms. The van der Waals surface area contributed by atoms with E-state index in [4.69, 9.17) is 10.5 Å². The molecule has 0 heterocycles. The second kappa shape index (κ2) is 12.2. The third kappa shape index (κ3) is 7.71. The van der Waals surface area contributed by atoms with Gasteiger partial charge in [0.1, 0.15) is 0 Å². The van der Waals surface area contributed by atoms with Crippen LogP contribution in [0.15, 0.2) is 48.5 Å². The molecule has 2 aromatic carbocycles. The van der Waals surface area contributed by atoms with Gasteiger partial charge in [-0.1, -0.05) is 43.3 Å². The van der Waals surface area contributed by atoms with Crippen LogP contribution in [0.4, 0.5) is 5.69 Å². The maximum absolute atomic E-state index is 12.1. The van der Waals surface area contributed by atoms with Gasteiger partial charge in [-0.2, -0.15) is 0 Å². The summed E-state index contributed by atoms with van der Waals surface area (Å²) < 4.78 is 5.48. The zero-order valence-electron chi connectivity index (χ0n) is 16.4. The third-order valence-corrected chi connectivity index (χ3v) is 4.35.